The number of nitrogens with zero attached hydrogens (tertiary/aromatic N) is 2. The first-order valence-corrected chi connectivity index (χ1v) is 10.6. The molecule has 0 radical (unpaired) electrons. The van der Waals surface area contributed by atoms with Gasteiger partial charge in [-0.1, -0.05) is 0 Å². The summed E-state index contributed by atoms with van der Waals surface area (Å²) in [6.07, 6.45) is 0.484. The van der Waals surface area contributed by atoms with Gasteiger partial charge in [-0.25, -0.2) is 22.5 Å². The molecule has 0 aliphatic rings. The average molecular weight is 412 g/mol. The number of pyridine rings is 1. The van der Waals surface area contributed by atoms with Crippen LogP contribution in [-0.2, 0) is 10.0 Å². The molecule has 0 aliphatic heterocycles. The zero-order valence-corrected chi connectivity index (χ0v) is 17.0. The molecule has 3 rings (SSSR count). The van der Waals surface area contributed by atoms with Crippen LogP contribution in [0.15, 0.2) is 47.4 Å². The fourth-order valence-electron chi connectivity index (χ4n) is 2.86. The minimum Gasteiger partial charge on any atom is -0.369 e. The highest BCUT2D eigenvalue weighted by Crippen LogP contribution is 2.23. The number of sulfonamides is 1. The van der Waals surface area contributed by atoms with Crippen molar-refractivity contribution in [2.45, 2.75) is 25.2 Å². The van der Waals surface area contributed by atoms with Crippen LogP contribution < -0.4 is 10.0 Å². The number of nitriles is 1. The summed E-state index contributed by atoms with van der Waals surface area (Å²) >= 11 is 0. The van der Waals surface area contributed by atoms with Gasteiger partial charge in [0.05, 0.1) is 16.0 Å². The summed E-state index contributed by atoms with van der Waals surface area (Å²) in [7, 11) is -3.69. The molecular weight excluding hydrogens is 391 g/mol. The van der Waals surface area contributed by atoms with E-state index >= 15 is 0 Å². The van der Waals surface area contributed by atoms with Crippen LogP contribution >= 0.6 is 0 Å². The molecule has 6 nitrogen and oxygen atoms in total. The molecule has 0 atom stereocenters. The van der Waals surface area contributed by atoms with Crippen molar-refractivity contribution in [3.8, 4) is 6.07 Å². The van der Waals surface area contributed by atoms with Crippen molar-refractivity contribution in [1.82, 2.24) is 9.71 Å². The lowest BCUT2D eigenvalue weighted by atomic mass is 10.0. The maximum Gasteiger partial charge on any atom is 0.240 e. The number of hydrogen-bond acceptors (Lipinski definition) is 5. The third-order valence-corrected chi connectivity index (χ3v) is 6.09. The van der Waals surface area contributed by atoms with E-state index in [0.29, 0.717) is 24.3 Å². The Kier molecular flexibility index (Phi) is 6.11. The van der Waals surface area contributed by atoms with E-state index in [1.165, 1.54) is 12.1 Å². The fraction of sp³-hybridized carbons (Fsp3) is 0.238. The Morgan fingerprint density at radius 3 is 2.45 bits per heavy atom. The molecule has 0 amide bonds. The van der Waals surface area contributed by atoms with E-state index in [1.807, 2.05) is 26.0 Å². The van der Waals surface area contributed by atoms with Crippen LogP contribution in [0.3, 0.4) is 0 Å². The monoisotopic (exact) mass is 412 g/mol. The van der Waals surface area contributed by atoms with E-state index in [0.717, 1.165) is 34.2 Å². The zero-order chi connectivity index (χ0) is 21.0. The summed E-state index contributed by atoms with van der Waals surface area (Å²) < 4.78 is 39.8. The van der Waals surface area contributed by atoms with Gasteiger partial charge in [0.2, 0.25) is 10.0 Å². The second kappa shape index (κ2) is 8.55. The maximum atomic E-state index is 12.9. The van der Waals surface area contributed by atoms with Gasteiger partial charge < -0.3 is 5.32 Å². The molecule has 29 heavy (non-hydrogen) atoms. The SMILES string of the molecule is Cc1cc2cc(C#N)c(NCCCNS(=O)(=O)c3ccc(F)cc3)nc2cc1C. The number of benzene rings is 2. The number of nitrogens with one attached hydrogen (secondary N) is 2. The number of aryl methyl sites for hydroxylation is 2. The van der Waals surface area contributed by atoms with Crippen molar-refractivity contribution in [3.05, 3.63) is 65.0 Å². The van der Waals surface area contributed by atoms with E-state index in [2.05, 4.69) is 21.1 Å². The van der Waals surface area contributed by atoms with Crippen molar-refractivity contribution in [2.24, 2.45) is 0 Å². The molecule has 1 aromatic heterocycles. The quantitative estimate of drug-likeness (QED) is 0.578. The highest BCUT2D eigenvalue weighted by atomic mass is 32.2. The van der Waals surface area contributed by atoms with Crippen molar-refractivity contribution >= 4 is 26.7 Å². The summed E-state index contributed by atoms with van der Waals surface area (Å²) in [5.41, 5.74) is 3.49. The molecule has 1 heterocycles. The van der Waals surface area contributed by atoms with Gasteiger partial charge in [0.15, 0.2) is 0 Å². The zero-order valence-electron chi connectivity index (χ0n) is 16.2. The third-order valence-electron chi connectivity index (χ3n) is 4.61. The van der Waals surface area contributed by atoms with Crippen LogP contribution in [0.1, 0.15) is 23.1 Å². The lowest BCUT2D eigenvalue weighted by molar-refractivity contribution is 0.579. The summed E-state index contributed by atoms with van der Waals surface area (Å²) in [6.45, 7) is 4.65. The number of aromatic nitrogens is 1. The van der Waals surface area contributed by atoms with Gasteiger partial charge in [-0.3, -0.25) is 0 Å². The van der Waals surface area contributed by atoms with E-state index in [-0.39, 0.29) is 11.4 Å². The van der Waals surface area contributed by atoms with E-state index < -0.39 is 15.8 Å². The van der Waals surface area contributed by atoms with Gasteiger partial charge in [0.1, 0.15) is 17.7 Å². The van der Waals surface area contributed by atoms with Crippen LogP contribution in [-0.4, -0.2) is 26.5 Å². The summed E-state index contributed by atoms with van der Waals surface area (Å²) in [5, 5.41) is 13.4. The molecule has 8 heteroatoms. The van der Waals surface area contributed by atoms with Crippen LogP contribution in [0.2, 0.25) is 0 Å². The Labute approximate surface area is 169 Å². The summed E-state index contributed by atoms with van der Waals surface area (Å²) in [5.74, 6) is -0.0145. The van der Waals surface area contributed by atoms with Gasteiger partial charge in [0, 0.05) is 18.5 Å². The highest BCUT2D eigenvalue weighted by molar-refractivity contribution is 7.89. The molecule has 2 aromatic carbocycles. The molecule has 150 valence electrons. The van der Waals surface area contributed by atoms with Crippen LogP contribution in [0, 0.1) is 31.0 Å². The second-order valence-electron chi connectivity index (χ2n) is 6.76. The Morgan fingerprint density at radius 2 is 1.76 bits per heavy atom. The molecule has 0 bridgehead atoms. The van der Waals surface area contributed by atoms with Crippen LogP contribution in [0.25, 0.3) is 10.9 Å². The molecule has 0 unspecified atom stereocenters. The van der Waals surface area contributed by atoms with Crippen molar-refractivity contribution in [3.63, 3.8) is 0 Å². The van der Waals surface area contributed by atoms with E-state index in [1.54, 1.807) is 6.07 Å². The topological polar surface area (TPSA) is 94.9 Å². The number of halogens is 1. The predicted molar refractivity (Wildman–Crippen MR) is 111 cm³/mol. The lowest BCUT2D eigenvalue weighted by Gasteiger charge is -2.11. The van der Waals surface area contributed by atoms with Crippen molar-refractivity contribution in [2.75, 3.05) is 18.4 Å². The second-order valence-corrected chi connectivity index (χ2v) is 8.52. The first kappa shape index (κ1) is 20.7. The maximum absolute atomic E-state index is 12.9. The summed E-state index contributed by atoms with van der Waals surface area (Å²) in [6, 6.07) is 12.6. The van der Waals surface area contributed by atoms with Gasteiger partial charge in [-0.2, -0.15) is 5.26 Å². The predicted octanol–water partition coefficient (Wildman–Crippen LogP) is 3.64. The van der Waals surface area contributed by atoms with Gasteiger partial charge in [-0.05, 0) is 73.9 Å². The first-order valence-electron chi connectivity index (χ1n) is 9.11. The van der Waals surface area contributed by atoms with Crippen LogP contribution in [0.4, 0.5) is 10.2 Å². The molecule has 0 saturated heterocycles. The van der Waals surface area contributed by atoms with Crippen molar-refractivity contribution < 1.29 is 12.8 Å². The number of rotatable bonds is 7. The first-order chi connectivity index (χ1) is 13.8. The lowest BCUT2D eigenvalue weighted by Crippen LogP contribution is -2.26. The Hall–Kier alpha value is -3.02. The standard InChI is InChI=1S/C21H21FN4O2S/c1-14-10-16-12-17(13-23)21(26-20(16)11-15(14)2)24-8-3-9-25-29(27,28)19-6-4-18(22)5-7-19/h4-7,10-12,25H,3,8-9H2,1-2H3,(H,24,26). The molecule has 0 saturated carbocycles. The molecule has 0 aliphatic carbocycles. The normalized spacial score (nSPS) is 11.4. The largest absolute Gasteiger partial charge is 0.369 e. The number of hydrogen-bond donors (Lipinski definition) is 2. The van der Waals surface area contributed by atoms with E-state index in [4.69, 9.17) is 0 Å². The minimum absolute atomic E-state index is 0.0143. The number of fused-ring (bicyclic) bond motifs is 1. The summed E-state index contributed by atoms with van der Waals surface area (Å²) in [4.78, 5) is 4.56. The highest BCUT2D eigenvalue weighted by Gasteiger charge is 2.13. The average Bonchev–Trinajstić information content (AvgIpc) is 2.68. The van der Waals surface area contributed by atoms with Gasteiger partial charge in [-0.15, -0.1) is 0 Å². The smallest absolute Gasteiger partial charge is 0.240 e. The van der Waals surface area contributed by atoms with Gasteiger partial charge >= 0.3 is 0 Å². The Balaban J connectivity index is 1.61. The molecule has 3 aromatic rings. The molecule has 0 fully saturated rings. The molecule has 0 spiro atoms. The van der Waals surface area contributed by atoms with E-state index in [9.17, 15) is 18.1 Å². The minimum atomic E-state index is -3.69. The van der Waals surface area contributed by atoms with Gasteiger partial charge in [0.25, 0.3) is 0 Å². The Morgan fingerprint density at radius 1 is 1.07 bits per heavy atom. The van der Waals surface area contributed by atoms with Crippen molar-refractivity contribution in [1.29, 1.82) is 5.26 Å². The fourth-order valence-corrected chi connectivity index (χ4v) is 3.93. The molecule has 2 N–H and O–H groups in total. The molecular formula is C21H21FN4O2S. The Bertz CT molecular complexity index is 1190. The van der Waals surface area contributed by atoms with Crippen LogP contribution in [0.5, 0.6) is 0 Å². The third kappa shape index (κ3) is 4.88. The number of anilines is 1.